The van der Waals surface area contributed by atoms with Gasteiger partial charge >= 0.3 is 6.36 Å². The van der Waals surface area contributed by atoms with Crippen LogP contribution in [0.5, 0.6) is 11.5 Å². The third kappa shape index (κ3) is 10.8. The molecule has 1 atom stereocenters. The highest BCUT2D eigenvalue weighted by Crippen LogP contribution is 2.35. The first-order valence-electron chi connectivity index (χ1n) is 13.8. The molecule has 15 heteroatoms. The fraction of sp³-hybridized carbons (Fsp3) is 0.387. The lowest BCUT2D eigenvalue weighted by molar-refractivity contribution is -0.274. The standard InChI is InChI=1S/C22H28F2N2O5.C9H8F3NO2/c1-22(13-28,14-29)12-25(2)6-4-5-16(11-27)26-10-15(7-20(26)30)21-18(23)8-17(31-3)9-19(21)24;1-13-8(14)6-2-4-7(5-3-6)15-9(10,11)12/h4-6,8-9,11,15,28-29H,7,10,12-14H2,1-3H3;2-5H,1H3,(H,13,14)/b6-4-,16-5+;. The summed E-state index contributed by atoms with van der Waals surface area (Å²) in [4.78, 5) is 38.0. The minimum Gasteiger partial charge on any atom is -0.497 e. The first kappa shape index (κ1) is 37.7. The van der Waals surface area contributed by atoms with Crippen LogP contribution in [0.3, 0.4) is 0 Å². The Morgan fingerprint density at radius 3 is 2.17 bits per heavy atom. The summed E-state index contributed by atoms with van der Waals surface area (Å²) in [6.07, 6.45) is 0.285. The van der Waals surface area contributed by atoms with Crippen LogP contribution in [-0.4, -0.2) is 92.0 Å². The number of rotatable bonds is 12. The van der Waals surface area contributed by atoms with Crippen molar-refractivity contribution in [3.63, 3.8) is 0 Å². The number of benzene rings is 2. The van der Waals surface area contributed by atoms with Gasteiger partial charge in [-0.1, -0.05) is 6.92 Å². The van der Waals surface area contributed by atoms with Gasteiger partial charge in [0.05, 0.1) is 26.0 Å². The predicted octanol–water partition coefficient (Wildman–Crippen LogP) is 3.75. The highest BCUT2D eigenvalue weighted by atomic mass is 19.4. The van der Waals surface area contributed by atoms with Crippen LogP contribution in [-0.2, 0) is 9.59 Å². The zero-order valence-corrected chi connectivity index (χ0v) is 25.6. The molecule has 10 nitrogen and oxygen atoms in total. The van der Waals surface area contributed by atoms with Gasteiger partial charge in [-0.15, -0.1) is 13.2 Å². The second-order valence-corrected chi connectivity index (χ2v) is 10.7. The van der Waals surface area contributed by atoms with Crippen molar-refractivity contribution < 1.29 is 56.0 Å². The number of methoxy groups -OCH3 is 1. The number of aldehydes is 1. The molecular weight excluding hydrogens is 621 g/mol. The smallest absolute Gasteiger partial charge is 0.497 e. The van der Waals surface area contributed by atoms with E-state index in [1.54, 1.807) is 31.1 Å². The quantitative estimate of drug-likeness (QED) is 0.136. The second-order valence-electron chi connectivity index (χ2n) is 10.7. The lowest BCUT2D eigenvalue weighted by Gasteiger charge is -2.29. The van der Waals surface area contributed by atoms with Gasteiger partial charge in [-0.2, -0.15) is 0 Å². The van der Waals surface area contributed by atoms with Crippen LogP contribution >= 0.6 is 0 Å². The molecule has 0 aliphatic carbocycles. The van der Waals surface area contributed by atoms with E-state index >= 15 is 0 Å². The number of halogens is 5. The van der Waals surface area contributed by atoms with Crippen molar-refractivity contribution in [2.75, 3.05) is 47.5 Å². The fourth-order valence-electron chi connectivity index (χ4n) is 4.46. The Hall–Kier alpha value is -4.50. The van der Waals surface area contributed by atoms with Crippen LogP contribution in [0, 0.1) is 17.0 Å². The average Bonchev–Trinajstić information content (AvgIpc) is 3.38. The second kappa shape index (κ2) is 16.7. The molecule has 1 saturated heterocycles. The lowest BCUT2D eigenvalue weighted by Crippen LogP contribution is -2.36. The van der Waals surface area contributed by atoms with E-state index in [1.807, 2.05) is 0 Å². The Morgan fingerprint density at radius 1 is 1.11 bits per heavy atom. The third-order valence-electron chi connectivity index (χ3n) is 6.83. The van der Waals surface area contributed by atoms with E-state index < -0.39 is 35.2 Å². The van der Waals surface area contributed by atoms with E-state index in [2.05, 4.69) is 10.1 Å². The van der Waals surface area contributed by atoms with Crippen LogP contribution < -0.4 is 14.8 Å². The van der Waals surface area contributed by atoms with Crippen molar-refractivity contribution in [2.45, 2.75) is 25.6 Å². The van der Waals surface area contributed by atoms with Gasteiger partial charge in [0.15, 0.2) is 6.29 Å². The largest absolute Gasteiger partial charge is 0.573 e. The van der Waals surface area contributed by atoms with Gasteiger partial charge in [-0.05, 0) is 42.6 Å². The van der Waals surface area contributed by atoms with E-state index in [4.69, 9.17) is 4.74 Å². The van der Waals surface area contributed by atoms with Crippen molar-refractivity contribution in [2.24, 2.45) is 5.41 Å². The first-order valence-corrected chi connectivity index (χ1v) is 13.8. The number of alkyl halides is 3. The van der Waals surface area contributed by atoms with Gasteiger partial charge in [0.1, 0.15) is 23.1 Å². The molecule has 0 spiro atoms. The summed E-state index contributed by atoms with van der Waals surface area (Å²) in [5.74, 6) is -3.42. The minimum absolute atomic E-state index is 0.0274. The Kier molecular flexibility index (Phi) is 13.7. The summed E-state index contributed by atoms with van der Waals surface area (Å²) in [6.45, 7) is 1.67. The number of nitrogens with one attached hydrogen (secondary N) is 1. The molecule has 1 heterocycles. The number of carbonyl (C=O) groups excluding carboxylic acids is 3. The van der Waals surface area contributed by atoms with Crippen molar-refractivity contribution in [1.82, 2.24) is 15.1 Å². The highest BCUT2D eigenvalue weighted by Gasteiger charge is 2.36. The Morgan fingerprint density at radius 2 is 1.70 bits per heavy atom. The number of nitrogens with zero attached hydrogens (tertiary/aromatic N) is 2. The zero-order chi connectivity index (χ0) is 34.7. The minimum atomic E-state index is -4.71. The molecule has 46 heavy (non-hydrogen) atoms. The average molecular weight is 658 g/mol. The van der Waals surface area contributed by atoms with Crippen molar-refractivity contribution >= 4 is 18.1 Å². The topological polar surface area (TPSA) is 129 Å². The summed E-state index contributed by atoms with van der Waals surface area (Å²) in [6, 6.07) is 6.79. The Labute approximate surface area is 262 Å². The van der Waals surface area contributed by atoms with Crippen LogP contribution in [0.15, 0.2) is 60.4 Å². The summed E-state index contributed by atoms with van der Waals surface area (Å²) in [7, 11) is 4.47. The van der Waals surface area contributed by atoms with Gasteiger partial charge < -0.3 is 34.8 Å². The number of carbonyl (C=O) groups is 3. The number of hydrogen-bond acceptors (Lipinski definition) is 8. The molecule has 1 unspecified atom stereocenters. The van der Waals surface area contributed by atoms with E-state index in [9.17, 15) is 46.5 Å². The fourth-order valence-corrected chi connectivity index (χ4v) is 4.46. The van der Waals surface area contributed by atoms with Crippen LogP contribution in [0.25, 0.3) is 0 Å². The maximum Gasteiger partial charge on any atom is 0.573 e. The first-order chi connectivity index (χ1) is 21.6. The molecule has 1 fully saturated rings. The molecule has 3 N–H and O–H groups in total. The number of likely N-dealkylation sites (tertiary alicyclic amines) is 1. The molecule has 2 aromatic rings. The number of allylic oxidation sites excluding steroid dienone is 3. The van der Waals surface area contributed by atoms with Gasteiger partial charge in [-0.25, -0.2) is 8.78 Å². The normalized spacial score (nSPS) is 15.4. The zero-order valence-electron chi connectivity index (χ0n) is 25.6. The van der Waals surface area contributed by atoms with Crippen LogP contribution in [0.4, 0.5) is 22.0 Å². The van der Waals surface area contributed by atoms with E-state index in [-0.39, 0.29) is 60.4 Å². The molecule has 0 radical (unpaired) electrons. The van der Waals surface area contributed by atoms with E-state index in [1.165, 1.54) is 37.3 Å². The SMILES string of the molecule is CNC(=O)c1ccc(OC(F)(F)F)cc1.COc1cc(F)c(C2CC(=O)N(/C(C=O)=C/C=C\N(C)CC(C)(CO)CO)C2)c(F)c1. The summed E-state index contributed by atoms with van der Waals surface area (Å²) in [5, 5.41) is 21.1. The number of hydrogen-bond donors (Lipinski definition) is 3. The molecule has 0 bridgehead atoms. The van der Waals surface area contributed by atoms with E-state index in [0.29, 0.717) is 12.8 Å². The van der Waals surface area contributed by atoms with Gasteiger partial charge in [0.2, 0.25) is 5.91 Å². The summed E-state index contributed by atoms with van der Waals surface area (Å²) < 4.78 is 72.6. The van der Waals surface area contributed by atoms with Crippen LogP contribution in [0.2, 0.25) is 0 Å². The van der Waals surface area contributed by atoms with Crippen LogP contribution in [0.1, 0.15) is 35.2 Å². The summed E-state index contributed by atoms with van der Waals surface area (Å²) >= 11 is 0. The monoisotopic (exact) mass is 657 g/mol. The maximum atomic E-state index is 14.4. The van der Waals surface area contributed by atoms with Gasteiger partial charge in [0, 0.05) is 68.2 Å². The molecule has 3 rings (SSSR count). The molecule has 1 aliphatic rings. The van der Waals surface area contributed by atoms with Crippen molar-refractivity contribution in [3.8, 4) is 11.5 Å². The number of aliphatic hydroxyl groups excluding tert-OH is 2. The predicted molar refractivity (Wildman–Crippen MR) is 157 cm³/mol. The van der Waals surface area contributed by atoms with Gasteiger partial charge in [-0.3, -0.25) is 14.4 Å². The number of ether oxygens (including phenoxy) is 2. The van der Waals surface area contributed by atoms with E-state index in [0.717, 1.165) is 24.3 Å². The van der Waals surface area contributed by atoms with Crippen molar-refractivity contribution in [1.29, 1.82) is 0 Å². The molecular formula is C31H36F5N3O7. The Balaban J connectivity index is 0.000000410. The molecule has 0 aromatic heterocycles. The maximum absolute atomic E-state index is 14.4. The van der Waals surface area contributed by atoms with Crippen molar-refractivity contribution in [3.05, 3.63) is 83.2 Å². The number of aliphatic hydroxyl groups is 2. The molecule has 1 aliphatic heterocycles. The van der Waals surface area contributed by atoms with Gasteiger partial charge in [0.25, 0.3) is 5.91 Å². The molecule has 2 amide bonds. The lowest BCUT2D eigenvalue weighted by atomic mass is 9.92. The third-order valence-corrected chi connectivity index (χ3v) is 6.83. The molecule has 0 saturated carbocycles. The molecule has 252 valence electrons. The molecule has 2 aromatic carbocycles. The summed E-state index contributed by atoms with van der Waals surface area (Å²) in [5.41, 5.74) is -0.559. The highest BCUT2D eigenvalue weighted by molar-refractivity contribution is 5.94. The number of amides is 2. The Bertz CT molecular complexity index is 1390.